The molecule has 0 saturated carbocycles. The van der Waals surface area contributed by atoms with Crippen LogP contribution in [0.1, 0.15) is 20.8 Å². The summed E-state index contributed by atoms with van der Waals surface area (Å²) in [7, 11) is 0. The number of hydrogen-bond donors (Lipinski definition) is 1. The first kappa shape index (κ1) is 16.3. The van der Waals surface area contributed by atoms with E-state index >= 15 is 0 Å². The van der Waals surface area contributed by atoms with Gasteiger partial charge < -0.3 is 5.32 Å². The van der Waals surface area contributed by atoms with Crippen LogP contribution in [-0.2, 0) is 0 Å². The summed E-state index contributed by atoms with van der Waals surface area (Å²) in [6, 6.07) is 18.5. The van der Waals surface area contributed by atoms with Crippen LogP contribution in [-0.4, -0.2) is 25.3 Å². The van der Waals surface area contributed by atoms with Gasteiger partial charge in [-0.1, -0.05) is 36.4 Å². The van der Waals surface area contributed by atoms with E-state index in [-0.39, 0.29) is 5.54 Å². The molecule has 0 aliphatic rings. The van der Waals surface area contributed by atoms with Gasteiger partial charge in [-0.15, -0.1) is 0 Å². The summed E-state index contributed by atoms with van der Waals surface area (Å²) >= 11 is 0. The van der Waals surface area contributed by atoms with E-state index < -0.39 is 0 Å². The van der Waals surface area contributed by atoms with E-state index in [0.717, 1.165) is 22.3 Å². The van der Waals surface area contributed by atoms with E-state index in [9.17, 15) is 0 Å². The Labute approximate surface area is 152 Å². The van der Waals surface area contributed by atoms with Gasteiger partial charge in [0.1, 0.15) is 5.82 Å². The highest BCUT2D eigenvalue weighted by molar-refractivity contribution is 5.93. The van der Waals surface area contributed by atoms with Crippen LogP contribution in [0.5, 0.6) is 0 Å². The molecule has 0 bridgehead atoms. The number of aromatic nitrogens is 4. The lowest BCUT2D eigenvalue weighted by Gasteiger charge is -2.23. The zero-order chi connectivity index (χ0) is 18.1. The fourth-order valence-electron chi connectivity index (χ4n) is 2.87. The standard InChI is InChI=1S/C21H21N5/c1-21(2,3)25-19-17-14-16(15-8-5-4-6-9-15)10-11-18(17)23-20(24-19)26-13-7-12-22-26/h4-14H,1-3H3,(H,23,24,25). The number of nitrogens with zero attached hydrogens (tertiary/aromatic N) is 4. The van der Waals surface area contributed by atoms with Gasteiger partial charge in [-0.05, 0) is 50.1 Å². The average molecular weight is 343 g/mol. The summed E-state index contributed by atoms with van der Waals surface area (Å²) in [4.78, 5) is 9.43. The van der Waals surface area contributed by atoms with Crippen molar-refractivity contribution in [2.24, 2.45) is 0 Å². The molecular weight excluding hydrogens is 322 g/mol. The second-order valence-electron chi connectivity index (χ2n) is 7.30. The summed E-state index contributed by atoms with van der Waals surface area (Å²) in [5.74, 6) is 1.37. The number of fused-ring (bicyclic) bond motifs is 1. The Hall–Kier alpha value is -3.21. The first-order chi connectivity index (χ1) is 12.5. The normalized spacial score (nSPS) is 11.7. The second kappa shape index (κ2) is 6.26. The largest absolute Gasteiger partial charge is 0.365 e. The van der Waals surface area contributed by atoms with E-state index in [4.69, 9.17) is 9.97 Å². The summed E-state index contributed by atoms with van der Waals surface area (Å²) in [6.45, 7) is 6.36. The topological polar surface area (TPSA) is 55.6 Å². The Balaban J connectivity index is 1.91. The zero-order valence-electron chi connectivity index (χ0n) is 15.1. The molecule has 0 unspecified atom stereocenters. The van der Waals surface area contributed by atoms with Crippen molar-refractivity contribution in [2.45, 2.75) is 26.3 Å². The van der Waals surface area contributed by atoms with Crippen LogP contribution in [0.2, 0.25) is 0 Å². The Morgan fingerprint density at radius 1 is 0.885 bits per heavy atom. The number of anilines is 1. The number of rotatable bonds is 3. The maximum Gasteiger partial charge on any atom is 0.253 e. The van der Waals surface area contributed by atoms with E-state index in [1.54, 1.807) is 10.9 Å². The lowest BCUT2D eigenvalue weighted by Crippen LogP contribution is -2.27. The molecule has 1 N–H and O–H groups in total. The van der Waals surface area contributed by atoms with Gasteiger partial charge in [-0.2, -0.15) is 10.1 Å². The van der Waals surface area contributed by atoms with Gasteiger partial charge >= 0.3 is 0 Å². The molecule has 0 saturated heterocycles. The minimum absolute atomic E-state index is 0.120. The fraction of sp³-hybridized carbons (Fsp3) is 0.190. The van der Waals surface area contributed by atoms with Crippen molar-refractivity contribution >= 4 is 16.7 Å². The SMILES string of the molecule is CC(C)(C)Nc1nc(-n2cccn2)nc2ccc(-c3ccccc3)cc12. The molecule has 5 heteroatoms. The Morgan fingerprint density at radius 3 is 2.38 bits per heavy atom. The average Bonchev–Trinajstić information content (AvgIpc) is 3.15. The summed E-state index contributed by atoms with van der Waals surface area (Å²) < 4.78 is 1.68. The quantitative estimate of drug-likeness (QED) is 0.586. The smallest absolute Gasteiger partial charge is 0.253 e. The first-order valence-electron chi connectivity index (χ1n) is 8.65. The van der Waals surface area contributed by atoms with Crippen LogP contribution < -0.4 is 5.32 Å². The second-order valence-corrected chi connectivity index (χ2v) is 7.30. The predicted octanol–water partition coefficient (Wildman–Crippen LogP) is 4.69. The van der Waals surface area contributed by atoms with Crippen LogP contribution in [0.3, 0.4) is 0 Å². The molecule has 0 spiro atoms. The van der Waals surface area contributed by atoms with E-state index in [1.165, 1.54) is 5.56 Å². The molecule has 2 aromatic carbocycles. The molecule has 0 aliphatic carbocycles. The molecule has 2 aromatic heterocycles. The third-order valence-corrected chi connectivity index (χ3v) is 3.99. The molecule has 4 aromatic rings. The molecule has 26 heavy (non-hydrogen) atoms. The van der Waals surface area contributed by atoms with Gasteiger partial charge in [0.05, 0.1) is 5.52 Å². The Kier molecular flexibility index (Phi) is 3.92. The van der Waals surface area contributed by atoms with Gasteiger partial charge in [0, 0.05) is 23.3 Å². The molecular formula is C21H21N5. The summed E-state index contributed by atoms with van der Waals surface area (Å²) in [6.07, 6.45) is 3.57. The Morgan fingerprint density at radius 2 is 1.69 bits per heavy atom. The van der Waals surface area contributed by atoms with Crippen molar-refractivity contribution in [3.8, 4) is 17.1 Å². The van der Waals surface area contributed by atoms with E-state index in [1.807, 2.05) is 36.5 Å². The number of benzene rings is 2. The molecule has 5 nitrogen and oxygen atoms in total. The molecule has 0 radical (unpaired) electrons. The third kappa shape index (κ3) is 3.28. The number of nitrogens with one attached hydrogen (secondary N) is 1. The minimum Gasteiger partial charge on any atom is -0.365 e. The van der Waals surface area contributed by atoms with Crippen LogP contribution in [0.4, 0.5) is 5.82 Å². The van der Waals surface area contributed by atoms with Crippen LogP contribution in [0.15, 0.2) is 67.0 Å². The van der Waals surface area contributed by atoms with Gasteiger partial charge in [0.25, 0.3) is 5.95 Å². The highest BCUT2D eigenvalue weighted by atomic mass is 15.3. The molecule has 0 atom stereocenters. The van der Waals surface area contributed by atoms with Crippen molar-refractivity contribution in [1.29, 1.82) is 0 Å². The van der Waals surface area contributed by atoms with Gasteiger partial charge in [0.15, 0.2) is 0 Å². The van der Waals surface area contributed by atoms with E-state index in [0.29, 0.717) is 5.95 Å². The molecule has 130 valence electrons. The van der Waals surface area contributed by atoms with Crippen molar-refractivity contribution in [2.75, 3.05) is 5.32 Å². The molecule has 0 amide bonds. The highest BCUT2D eigenvalue weighted by Gasteiger charge is 2.16. The molecule has 4 rings (SSSR count). The van der Waals surface area contributed by atoms with Crippen LogP contribution in [0.25, 0.3) is 28.0 Å². The number of hydrogen-bond acceptors (Lipinski definition) is 4. The summed E-state index contributed by atoms with van der Waals surface area (Å²) in [5, 5.41) is 8.77. The lowest BCUT2D eigenvalue weighted by molar-refractivity contribution is 0.630. The molecule has 2 heterocycles. The predicted molar refractivity (Wildman–Crippen MR) is 105 cm³/mol. The third-order valence-electron chi connectivity index (χ3n) is 3.99. The van der Waals surface area contributed by atoms with Crippen molar-refractivity contribution in [3.63, 3.8) is 0 Å². The van der Waals surface area contributed by atoms with E-state index in [2.05, 4.69) is 55.5 Å². The maximum atomic E-state index is 4.74. The van der Waals surface area contributed by atoms with Crippen molar-refractivity contribution in [3.05, 3.63) is 67.0 Å². The van der Waals surface area contributed by atoms with Crippen LogP contribution >= 0.6 is 0 Å². The Bertz CT molecular complexity index is 1030. The van der Waals surface area contributed by atoms with Gasteiger partial charge in [0.2, 0.25) is 0 Å². The first-order valence-corrected chi connectivity index (χ1v) is 8.65. The minimum atomic E-state index is -0.120. The summed E-state index contributed by atoms with van der Waals surface area (Å²) in [5.41, 5.74) is 3.08. The van der Waals surface area contributed by atoms with Crippen LogP contribution in [0, 0.1) is 0 Å². The molecule has 0 aliphatic heterocycles. The maximum absolute atomic E-state index is 4.74. The monoisotopic (exact) mass is 343 g/mol. The molecule has 0 fully saturated rings. The fourth-order valence-corrected chi connectivity index (χ4v) is 2.87. The highest BCUT2D eigenvalue weighted by Crippen LogP contribution is 2.29. The zero-order valence-corrected chi connectivity index (χ0v) is 15.1. The van der Waals surface area contributed by atoms with Gasteiger partial charge in [-0.25, -0.2) is 9.67 Å². The van der Waals surface area contributed by atoms with Gasteiger partial charge in [-0.3, -0.25) is 0 Å². The lowest BCUT2D eigenvalue weighted by atomic mass is 10.0. The van der Waals surface area contributed by atoms with Crippen molar-refractivity contribution < 1.29 is 0 Å². The van der Waals surface area contributed by atoms with Crippen molar-refractivity contribution in [1.82, 2.24) is 19.7 Å².